The molecule has 2 aromatic heterocycles. The minimum atomic E-state index is -0.354. The number of nitrogens with one attached hydrogen (secondary N) is 1. The van der Waals surface area contributed by atoms with Gasteiger partial charge in [-0.25, -0.2) is 14.6 Å². The molecule has 1 aliphatic rings. The summed E-state index contributed by atoms with van der Waals surface area (Å²) < 4.78 is 7.19. The molecule has 25 heavy (non-hydrogen) atoms. The maximum absolute atomic E-state index is 12.9. The van der Waals surface area contributed by atoms with E-state index < -0.39 is 0 Å². The topological polar surface area (TPSA) is 81.9 Å². The number of anilines is 1. The van der Waals surface area contributed by atoms with E-state index in [1.807, 2.05) is 0 Å². The number of rotatable bonds is 3. The first-order chi connectivity index (χ1) is 12.2. The Kier molecular flexibility index (Phi) is 4.07. The Labute approximate surface area is 148 Å². The molecule has 7 nitrogen and oxygen atoms in total. The van der Waals surface area contributed by atoms with Crippen molar-refractivity contribution in [1.82, 2.24) is 19.7 Å². The molecule has 0 spiro atoms. The lowest BCUT2D eigenvalue weighted by molar-refractivity contribution is -0.118. The van der Waals surface area contributed by atoms with Crippen LogP contribution in [0.5, 0.6) is 5.75 Å². The molecule has 1 aliphatic heterocycles. The van der Waals surface area contributed by atoms with Crippen molar-refractivity contribution in [3.63, 3.8) is 0 Å². The van der Waals surface area contributed by atoms with Gasteiger partial charge in [0.2, 0.25) is 5.91 Å². The van der Waals surface area contributed by atoms with Gasteiger partial charge >= 0.3 is 0 Å². The molecular formula is C17H14ClN5O2. The second-order valence-corrected chi connectivity index (χ2v) is 6.01. The van der Waals surface area contributed by atoms with Crippen LogP contribution in [-0.2, 0) is 4.79 Å². The van der Waals surface area contributed by atoms with Crippen LogP contribution in [0.1, 0.15) is 17.9 Å². The van der Waals surface area contributed by atoms with E-state index in [2.05, 4.69) is 20.4 Å². The van der Waals surface area contributed by atoms with Gasteiger partial charge in [0.05, 0.1) is 18.7 Å². The molecule has 4 rings (SSSR count). The van der Waals surface area contributed by atoms with E-state index in [9.17, 15) is 4.79 Å². The van der Waals surface area contributed by atoms with Crippen molar-refractivity contribution in [2.24, 2.45) is 0 Å². The highest BCUT2D eigenvalue weighted by Gasteiger charge is 2.28. The first-order valence-corrected chi connectivity index (χ1v) is 8.13. The molecule has 1 unspecified atom stereocenters. The van der Waals surface area contributed by atoms with E-state index in [0.717, 1.165) is 5.56 Å². The smallest absolute Gasteiger partial charge is 0.232 e. The number of aromatic nitrogens is 4. The number of carbonyl (C=O) groups is 1. The van der Waals surface area contributed by atoms with Crippen LogP contribution in [0.15, 0.2) is 49.2 Å². The Morgan fingerprint density at radius 1 is 1.40 bits per heavy atom. The molecule has 1 aromatic carbocycles. The Hall–Kier alpha value is -2.93. The van der Waals surface area contributed by atoms with Crippen molar-refractivity contribution < 1.29 is 9.53 Å². The zero-order valence-electron chi connectivity index (χ0n) is 13.1. The number of carbonyl (C=O) groups excluding carboxylic acids is 1. The summed E-state index contributed by atoms with van der Waals surface area (Å²) in [5, 5.41) is 7.63. The van der Waals surface area contributed by atoms with Gasteiger partial charge in [0.25, 0.3) is 0 Å². The summed E-state index contributed by atoms with van der Waals surface area (Å²) in [7, 11) is 0. The predicted octanol–water partition coefficient (Wildman–Crippen LogP) is 2.82. The molecule has 1 atom stereocenters. The Balaban J connectivity index is 1.64. The fourth-order valence-electron chi connectivity index (χ4n) is 2.85. The lowest BCUT2D eigenvalue weighted by Crippen LogP contribution is -2.27. The molecule has 0 bridgehead atoms. The SMILES string of the molecule is O=C(Nc1cncnc1-n1cccn1)C1CCOc2ccc(Cl)cc21. The lowest BCUT2D eigenvalue weighted by atomic mass is 9.92. The fraction of sp³-hybridized carbons (Fsp3) is 0.176. The molecular weight excluding hydrogens is 342 g/mol. The Morgan fingerprint density at radius 3 is 3.16 bits per heavy atom. The van der Waals surface area contributed by atoms with Gasteiger partial charge in [0.1, 0.15) is 17.8 Å². The largest absolute Gasteiger partial charge is 0.493 e. The molecule has 0 radical (unpaired) electrons. The van der Waals surface area contributed by atoms with Crippen LogP contribution < -0.4 is 10.1 Å². The summed E-state index contributed by atoms with van der Waals surface area (Å²) in [6, 6.07) is 7.10. The maximum Gasteiger partial charge on any atom is 0.232 e. The quantitative estimate of drug-likeness (QED) is 0.781. The van der Waals surface area contributed by atoms with Crippen molar-refractivity contribution in [3.8, 4) is 11.6 Å². The summed E-state index contributed by atoms with van der Waals surface area (Å²) in [5.74, 6) is 0.683. The van der Waals surface area contributed by atoms with Crippen LogP contribution in [0.2, 0.25) is 5.02 Å². The molecule has 126 valence electrons. The highest BCUT2D eigenvalue weighted by Crippen LogP contribution is 2.36. The maximum atomic E-state index is 12.9. The van der Waals surface area contributed by atoms with Gasteiger partial charge < -0.3 is 10.1 Å². The van der Waals surface area contributed by atoms with Crippen LogP contribution in [0, 0.1) is 0 Å². The van der Waals surface area contributed by atoms with Crippen LogP contribution >= 0.6 is 11.6 Å². The lowest BCUT2D eigenvalue weighted by Gasteiger charge is -2.25. The van der Waals surface area contributed by atoms with Gasteiger partial charge in [-0.2, -0.15) is 5.10 Å². The van der Waals surface area contributed by atoms with Gasteiger partial charge in [-0.3, -0.25) is 4.79 Å². The van der Waals surface area contributed by atoms with Crippen LogP contribution in [0.25, 0.3) is 5.82 Å². The number of amides is 1. The number of halogens is 1. The van der Waals surface area contributed by atoms with Crippen molar-refractivity contribution in [3.05, 3.63) is 59.8 Å². The average Bonchev–Trinajstić information content (AvgIpc) is 3.16. The molecule has 8 heteroatoms. The summed E-state index contributed by atoms with van der Waals surface area (Å²) in [6.45, 7) is 0.476. The monoisotopic (exact) mass is 355 g/mol. The van der Waals surface area contributed by atoms with Crippen LogP contribution in [0.4, 0.5) is 5.69 Å². The van der Waals surface area contributed by atoms with E-state index in [1.54, 1.807) is 47.5 Å². The van der Waals surface area contributed by atoms with Gasteiger partial charge in [0.15, 0.2) is 5.82 Å². The first-order valence-electron chi connectivity index (χ1n) is 7.75. The molecule has 3 aromatic rings. The summed E-state index contributed by atoms with van der Waals surface area (Å²) >= 11 is 6.08. The van der Waals surface area contributed by atoms with Gasteiger partial charge in [-0.15, -0.1) is 0 Å². The standard InChI is InChI=1S/C17H14ClN5O2/c18-11-2-3-15-13(8-11)12(4-7-25-15)17(24)22-14-9-19-10-20-16(14)23-6-1-5-21-23/h1-3,5-6,8-10,12H,4,7H2,(H,22,24). The molecule has 1 N–H and O–H groups in total. The summed E-state index contributed by atoms with van der Waals surface area (Å²) in [5.41, 5.74) is 1.28. The van der Waals surface area contributed by atoms with Crippen molar-refractivity contribution in [1.29, 1.82) is 0 Å². The fourth-order valence-corrected chi connectivity index (χ4v) is 3.03. The molecule has 0 fully saturated rings. The highest BCUT2D eigenvalue weighted by atomic mass is 35.5. The molecule has 0 saturated heterocycles. The second kappa shape index (κ2) is 6.52. The first kappa shape index (κ1) is 15.6. The Morgan fingerprint density at radius 2 is 2.32 bits per heavy atom. The highest BCUT2D eigenvalue weighted by molar-refractivity contribution is 6.30. The van der Waals surface area contributed by atoms with E-state index in [4.69, 9.17) is 16.3 Å². The van der Waals surface area contributed by atoms with E-state index >= 15 is 0 Å². The van der Waals surface area contributed by atoms with Gasteiger partial charge in [0, 0.05) is 23.0 Å². The van der Waals surface area contributed by atoms with Crippen molar-refractivity contribution >= 4 is 23.2 Å². The number of hydrogen-bond donors (Lipinski definition) is 1. The van der Waals surface area contributed by atoms with Crippen molar-refractivity contribution in [2.75, 3.05) is 11.9 Å². The van der Waals surface area contributed by atoms with Crippen LogP contribution in [-0.4, -0.2) is 32.3 Å². The van der Waals surface area contributed by atoms with Crippen LogP contribution in [0.3, 0.4) is 0 Å². The average molecular weight is 356 g/mol. The third-order valence-corrected chi connectivity index (χ3v) is 4.23. The minimum absolute atomic E-state index is 0.157. The summed E-state index contributed by atoms with van der Waals surface area (Å²) in [6.07, 6.45) is 6.94. The van der Waals surface area contributed by atoms with E-state index in [1.165, 1.54) is 6.33 Å². The third kappa shape index (κ3) is 3.06. The normalized spacial score (nSPS) is 16.0. The molecule has 1 amide bonds. The molecule has 0 aliphatic carbocycles. The van der Waals surface area contributed by atoms with Gasteiger partial charge in [-0.1, -0.05) is 11.6 Å². The predicted molar refractivity (Wildman–Crippen MR) is 92.1 cm³/mol. The van der Waals surface area contributed by atoms with Gasteiger partial charge in [-0.05, 0) is 30.7 Å². The number of ether oxygens (including phenoxy) is 1. The van der Waals surface area contributed by atoms with Crippen molar-refractivity contribution in [2.45, 2.75) is 12.3 Å². The molecule has 3 heterocycles. The minimum Gasteiger partial charge on any atom is -0.493 e. The van der Waals surface area contributed by atoms with E-state index in [0.29, 0.717) is 35.3 Å². The second-order valence-electron chi connectivity index (χ2n) is 5.57. The third-order valence-electron chi connectivity index (χ3n) is 4.00. The zero-order valence-corrected chi connectivity index (χ0v) is 13.8. The van der Waals surface area contributed by atoms with E-state index in [-0.39, 0.29) is 11.8 Å². The zero-order chi connectivity index (χ0) is 17.2. The Bertz CT molecular complexity index is 913. The number of benzene rings is 1. The number of hydrogen-bond acceptors (Lipinski definition) is 5. The number of fused-ring (bicyclic) bond motifs is 1. The summed E-state index contributed by atoms with van der Waals surface area (Å²) in [4.78, 5) is 21.1. The molecule has 0 saturated carbocycles. The number of nitrogens with zero attached hydrogens (tertiary/aromatic N) is 4.